The zero-order valence-corrected chi connectivity index (χ0v) is 15.4. The van der Waals surface area contributed by atoms with Crippen molar-refractivity contribution in [1.82, 2.24) is 0 Å². The Morgan fingerprint density at radius 3 is 1.20 bits per heavy atom. The summed E-state index contributed by atoms with van der Waals surface area (Å²) in [6, 6.07) is 0. The van der Waals surface area contributed by atoms with E-state index in [4.69, 9.17) is 6.42 Å². The van der Waals surface area contributed by atoms with Crippen LogP contribution in [0.15, 0.2) is 0 Å². The summed E-state index contributed by atoms with van der Waals surface area (Å²) >= 11 is 0. The van der Waals surface area contributed by atoms with Crippen LogP contribution in [-0.4, -0.2) is 0 Å². The van der Waals surface area contributed by atoms with Gasteiger partial charge in [-0.25, -0.2) is 0 Å². The van der Waals surface area contributed by atoms with Gasteiger partial charge in [0.1, 0.15) is 0 Å². The van der Waals surface area contributed by atoms with Crippen molar-refractivity contribution >= 4 is 0 Å². The van der Waals surface area contributed by atoms with E-state index in [2.05, 4.69) is 59.3 Å². The minimum absolute atomic E-state index is 0. The molecule has 0 unspecified atom stereocenters. The molecule has 2 fully saturated rings. The third-order valence-corrected chi connectivity index (χ3v) is 3.92. The molecule has 110 valence electrons. The molecular weight excluding hydrogens is 420 g/mol. The third kappa shape index (κ3) is 5.91. The summed E-state index contributed by atoms with van der Waals surface area (Å²) in [5, 5.41) is 0. The van der Waals surface area contributed by atoms with Gasteiger partial charge in [-0.05, 0) is 63.2 Å². The van der Waals surface area contributed by atoms with Crippen molar-refractivity contribution in [3.05, 3.63) is 55.3 Å². The van der Waals surface area contributed by atoms with Gasteiger partial charge in [0.25, 0.3) is 0 Å². The summed E-state index contributed by atoms with van der Waals surface area (Å²) in [7, 11) is 0. The van der Waals surface area contributed by atoms with Gasteiger partial charge >= 0.3 is 0 Å². The van der Waals surface area contributed by atoms with E-state index in [9.17, 15) is 0 Å². The van der Waals surface area contributed by atoms with E-state index in [0.717, 1.165) is 5.92 Å². The van der Waals surface area contributed by atoms with E-state index in [1.165, 1.54) is 49.4 Å². The summed E-state index contributed by atoms with van der Waals surface area (Å²) in [6.07, 6.45) is 19.4. The molecule has 2 saturated carbocycles. The maximum Gasteiger partial charge on any atom is 0.0618 e. The third-order valence-electron chi connectivity index (χ3n) is 3.92. The summed E-state index contributed by atoms with van der Waals surface area (Å²) in [6.45, 7) is 8.42. The molecule has 20 heavy (non-hydrogen) atoms. The van der Waals surface area contributed by atoms with Gasteiger partial charge in [0.15, 0.2) is 0 Å². The molecule has 0 aromatic heterocycles. The van der Waals surface area contributed by atoms with Crippen LogP contribution >= 0.6 is 0 Å². The quantitative estimate of drug-likeness (QED) is 0.463. The van der Waals surface area contributed by atoms with E-state index in [1.807, 2.05) is 0 Å². The van der Waals surface area contributed by atoms with Crippen LogP contribution < -0.4 is 0 Å². The normalized spacial score (nSPS) is 23.9. The van der Waals surface area contributed by atoms with Crippen LogP contribution in [0.5, 0.6) is 0 Å². The number of hydrogen-bond acceptors (Lipinski definition) is 0. The largest absolute Gasteiger partial charge is 0.119 e. The van der Waals surface area contributed by atoms with Crippen molar-refractivity contribution in [2.45, 2.75) is 53.4 Å². The van der Waals surface area contributed by atoms with Crippen molar-refractivity contribution in [2.24, 2.45) is 0 Å². The van der Waals surface area contributed by atoms with Crippen LogP contribution in [0.3, 0.4) is 0 Å². The molecule has 0 N–H and O–H groups in total. The summed E-state index contributed by atoms with van der Waals surface area (Å²) < 4.78 is 0. The van der Waals surface area contributed by atoms with Crippen LogP contribution in [0.25, 0.3) is 0 Å². The minimum Gasteiger partial charge on any atom is -0.119 e. The van der Waals surface area contributed by atoms with Gasteiger partial charge < -0.3 is 0 Å². The monoisotopic (exact) mass is 446 g/mol. The zero-order chi connectivity index (χ0) is 14.3. The summed E-state index contributed by atoms with van der Waals surface area (Å²) in [5.41, 5.74) is 0. The predicted molar refractivity (Wildman–Crippen MR) is 83.4 cm³/mol. The van der Waals surface area contributed by atoms with Crippen LogP contribution in [-0.2, 0) is 20.1 Å². The smallest absolute Gasteiger partial charge is 0.0618 e. The Morgan fingerprint density at radius 1 is 0.700 bits per heavy atom. The Hall–Kier alpha value is 0.209. The molecule has 1 heteroatoms. The summed E-state index contributed by atoms with van der Waals surface area (Å²) in [4.78, 5) is 0. The molecule has 0 saturated heterocycles. The molecule has 0 aromatic carbocycles. The van der Waals surface area contributed by atoms with E-state index < -0.39 is 0 Å². The second-order valence-corrected chi connectivity index (χ2v) is 5.12. The zero-order valence-electron chi connectivity index (χ0n) is 13.0. The fourth-order valence-electron chi connectivity index (χ4n) is 2.29. The van der Waals surface area contributed by atoms with Crippen molar-refractivity contribution in [1.29, 1.82) is 0 Å². The molecule has 0 aromatic rings. The fourth-order valence-corrected chi connectivity index (χ4v) is 2.29. The van der Waals surface area contributed by atoms with E-state index in [0.29, 0.717) is 0 Å². The van der Waals surface area contributed by atoms with Gasteiger partial charge in [0.2, 0.25) is 0 Å². The van der Waals surface area contributed by atoms with Crippen LogP contribution in [0.2, 0.25) is 0 Å². The van der Waals surface area contributed by atoms with Gasteiger partial charge in [0.05, 0.1) is 5.92 Å². The molecule has 2 aliphatic carbocycles. The van der Waals surface area contributed by atoms with Gasteiger partial charge in [0, 0.05) is 31.9 Å². The average Bonchev–Trinajstić information content (AvgIpc) is 2.54. The van der Waals surface area contributed by atoms with Gasteiger partial charge in [-0.15, -0.1) is 6.42 Å². The fraction of sp³-hybridized carbons (Fsp3) is 0.421. The van der Waals surface area contributed by atoms with Gasteiger partial charge in [-0.3, -0.25) is 0 Å². The van der Waals surface area contributed by atoms with Crippen molar-refractivity contribution < 1.29 is 20.1 Å². The van der Waals surface area contributed by atoms with Crippen molar-refractivity contribution in [3.8, 4) is 12.3 Å². The molecule has 0 amide bonds. The Morgan fingerprint density at radius 2 is 1.00 bits per heavy atom. The SMILES string of the molecule is C#C[C]1[C](C)[C](C)[C](C)[C]1C.[CH]1[CH]CC[CH][CH]CC1.[Ir]. The Kier molecular flexibility index (Phi) is 11.0. The molecule has 2 aliphatic rings. The van der Waals surface area contributed by atoms with E-state index in [1.54, 1.807) is 0 Å². The molecule has 0 spiro atoms. The van der Waals surface area contributed by atoms with Crippen molar-refractivity contribution in [2.75, 3.05) is 0 Å². The second-order valence-electron chi connectivity index (χ2n) is 5.12. The summed E-state index contributed by atoms with van der Waals surface area (Å²) in [5.74, 6) is 9.03. The molecule has 0 aliphatic heterocycles. The second kappa shape index (κ2) is 10.9. The first-order valence-corrected chi connectivity index (χ1v) is 7.09. The van der Waals surface area contributed by atoms with Crippen LogP contribution in [0.4, 0.5) is 0 Å². The number of terminal acetylenes is 1. The van der Waals surface area contributed by atoms with E-state index >= 15 is 0 Å². The molecule has 0 nitrogen and oxygen atoms in total. The van der Waals surface area contributed by atoms with E-state index in [-0.39, 0.29) is 20.1 Å². The predicted octanol–water partition coefficient (Wildman–Crippen LogP) is 4.96. The number of rotatable bonds is 0. The standard InChI is InChI=1S/C11H13.C8H12.Ir/c1-6-11-9(4)7(2)8(3)10(11)5;1-2-4-6-8-7-5-3-1;/h1H,2-5H3;1-2,7-8H,3-6H2;. The number of hydrogen-bond donors (Lipinski definition) is 0. The van der Waals surface area contributed by atoms with Crippen LogP contribution in [0, 0.1) is 67.6 Å². The first-order valence-electron chi connectivity index (χ1n) is 7.09. The Balaban J connectivity index is 0.000000359. The average molecular weight is 446 g/mol. The molecule has 0 heterocycles. The van der Waals surface area contributed by atoms with Crippen molar-refractivity contribution in [3.63, 3.8) is 0 Å². The molecule has 0 atom stereocenters. The van der Waals surface area contributed by atoms with Gasteiger partial charge in [-0.2, -0.15) is 0 Å². The maximum atomic E-state index is 5.38. The Labute approximate surface area is 141 Å². The first-order chi connectivity index (χ1) is 9.09. The topological polar surface area (TPSA) is 0 Å². The molecule has 0 bridgehead atoms. The molecular formula is C19H25Ir. The van der Waals surface area contributed by atoms with Gasteiger partial charge in [-0.1, -0.05) is 33.6 Å². The Bertz CT molecular complexity index is 240. The maximum absolute atomic E-state index is 5.38. The van der Waals surface area contributed by atoms with Crippen LogP contribution in [0.1, 0.15) is 53.4 Å². The minimum atomic E-state index is 0. The molecule has 2 rings (SSSR count). The first kappa shape index (κ1) is 20.2. The molecule has 10 radical (unpaired) electrons.